The van der Waals surface area contributed by atoms with Gasteiger partial charge in [-0.25, -0.2) is 8.42 Å². The zero-order chi connectivity index (χ0) is 22.9. The Labute approximate surface area is 195 Å². The highest BCUT2D eigenvalue weighted by Gasteiger charge is 2.25. The molecule has 31 heavy (non-hydrogen) atoms. The first kappa shape index (κ1) is 25.4. The Balaban J connectivity index is 2.10. The van der Waals surface area contributed by atoms with Crippen molar-refractivity contribution >= 4 is 55.3 Å². The van der Waals surface area contributed by atoms with E-state index in [2.05, 4.69) is 26.0 Å². The summed E-state index contributed by atoms with van der Waals surface area (Å²) in [6.45, 7) is 2.00. The zero-order valence-electron chi connectivity index (χ0n) is 17.0. The second kappa shape index (κ2) is 12.2. The molecule has 2 aromatic carbocycles. The minimum absolute atomic E-state index is 0.0285. The maximum absolute atomic E-state index is 12.8. The van der Waals surface area contributed by atoms with Crippen LogP contribution in [-0.4, -0.2) is 42.9 Å². The van der Waals surface area contributed by atoms with Crippen LogP contribution in [0.1, 0.15) is 25.3 Å². The number of amides is 1. The van der Waals surface area contributed by atoms with Gasteiger partial charge in [0.25, 0.3) is 0 Å². The molecule has 2 rings (SSSR count). The average molecular weight is 529 g/mol. The summed E-state index contributed by atoms with van der Waals surface area (Å²) in [4.78, 5) is 23.6. The number of thioether (sulfide) groups is 1. The van der Waals surface area contributed by atoms with E-state index >= 15 is 0 Å². The lowest BCUT2D eigenvalue weighted by atomic mass is 10.1. The van der Waals surface area contributed by atoms with Gasteiger partial charge in [0, 0.05) is 16.6 Å². The molecule has 0 aliphatic rings. The lowest BCUT2D eigenvalue weighted by Crippen LogP contribution is -2.44. The number of hydrogen-bond donors (Lipinski definition) is 3. The summed E-state index contributed by atoms with van der Waals surface area (Å²) in [6.07, 6.45) is 0.769. The Morgan fingerprint density at radius 1 is 1.10 bits per heavy atom. The molecule has 3 N–H and O–H groups in total. The third-order valence-electron chi connectivity index (χ3n) is 4.34. The zero-order valence-corrected chi connectivity index (χ0v) is 20.2. The van der Waals surface area contributed by atoms with Crippen LogP contribution < -0.4 is 10.0 Å². The van der Waals surface area contributed by atoms with Gasteiger partial charge in [-0.2, -0.15) is 16.5 Å². The second-order valence-electron chi connectivity index (χ2n) is 6.69. The Morgan fingerprint density at radius 3 is 2.32 bits per heavy atom. The monoisotopic (exact) mass is 528 g/mol. The lowest BCUT2D eigenvalue weighted by molar-refractivity contribution is -0.137. The number of aryl methyl sites for hydroxylation is 1. The fourth-order valence-corrected chi connectivity index (χ4v) is 4.88. The lowest BCUT2D eigenvalue weighted by Gasteiger charge is -2.18. The van der Waals surface area contributed by atoms with Crippen LogP contribution in [0, 0.1) is 0 Å². The van der Waals surface area contributed by atoms with Crippen molar-refractivity contribution in [2.24, 2.45) is 0 Å². The highest BCUT2D eigenvalue weighted by Crippen LogP contribution is 2.17. The summed E-state index contributed by atoms with van der Waals surface area (Å²) in [7, 11) is -3.87. The number of hydrogen-bond acceptors (Lipinski definition) is 5. The number of aliphatic carboxylic acids is 1. The van der Waals surface area contributed by atoms with Crippen LogP contribution in [0.5, 0.6) is 0 Å². The molecule has 7 nitrogen and oxygen atoms in total. The molecule has 1 amide bonds. The van der Waals surface area contributed by atoms with Crippen LogP contribution in [0.15, 0.2) is 57.9 Å². The number of sulfonamides is 1. The van der Waals surface area contributed by atoms with E-state index in [1.54, 1.807) is 48.2 Å². The van der Waals surface area contributed by atoms with Gasteiger partial charge in [-0.1, -0.05) is 35.0 Å². The molecule has 0 spiro atoms. The van der Waals surface area contributed by atoms with E-state index in [1.807, 2.05) is 6.92 Å². The number of anilines is 1. The Bertz CT molecular complexity index is 980. The van der Waals surface area contributed by atoms with Gasteiger partial charge >= 0.3 is 5.97 Å². The van der Waals surface area contributed by atoms with Crippen LogP contribution in [0.4, 0.5) is 5.69 Å². The van der Waals surface area contributed by atoms with Crippen molar-refractivity contribution in [1.29, 1.82) is 0 Å². The Morgan fingerprint density at radius 2 is 1.74 bits per heavy atom. The summed E-state index contributed by atoms with van der Waals surface area (Å²) in [5.74, 6) is 0.177. The van der Waals surface area contributed by atoms with Gasteiger partial charge in [0.1, 0.15) is 6.04 Å². The fraction of sp³-hybridized carbons (Fsp3) is 0.333. The first-order valence-corrected chi connectivity index (χ1v) is 13.1. The molecule has 2 aromatic rings. The topological polar surface area (TPSA) is 113 Å². The van der Waals surface area contributed by atoms with Crippen molar-refractivity contribution in [1.82, 2.24) is 4.72 Å². The molecule has 0 aromatic heterocycles. The molecule has 168 valence electrons. The molecule has 0 aliphatic carbocycles. The van der Waals surface area contributed by atoms with E-state index in [0.29, 0.717) is 24.3 Å². The van der Waals surface area contributed by atoms with Crippen molar-refractivity contribution in [3.8, 4) is 0 Å². The molecular formula is C21H25BrN2O5S2. The molecule has 0 heterocycles. The van der Waals surface area contributed by atoms with Crippen molar-refractivity contribution in [2.45, 2.75) is 37.1 Å². The van der Waals surface area contributed by atoms with Gasteiger partial charge in [0.15, 0.2) is 0 Å². The van der Waals surface area contributed by atoms with E-state index < -0.39 is 27.9 Å². The van der Waals surface area contributed by atoms with Gasteiger partial charge in [-0.3, -0.25) is 9.59 Å². The normalized spacial score (nSPS) is 12.3. The third-order valence-corrected chi connectivity index (χ3v) is 7.29. The highest BCUT2D eigenvalue weighted by molar-refractivity contribution is 9.10. The van der Waals surface area contributed by atoms with Gasteiger partial charge in [0.05, 0.1) is 4.90 Å². The SMILES string of the molecule is CCSCC[C@H](NS(=O)(=O)c1ccc(Br)cc1)C(=O)Nc1ccc(CCC(=O)O)cc1. The van der Waals surface area contributed by atoms with E-state index in [-0.39, 0.29) is 11.3 Å². The summed E-state index contributed by atoms with van der Waals surface area (Å²) >= 11 is 4.90. The number of carboxylic acids is 1. The number of rotatable bonds is 12. The minimum atomic E-state index is -3.87. The smallest absolute Gasteiger partial charge is 0.303 e. The van der Waals surface area contributed by atoms with Crippen LogP contribution in [-0.2, 0) is 26.0 Å². The van der Waals surface area contributed by atoms with E-state index in [1.165, 1.54) is 12.1 Å². The van der Waals surface area contributed by atoms with Crippen molar-refractivity contribution in [2.75, 3.05) is 16.8 Å². The summed E-state index contributed by atoms with van der Waals surface area (Å²) in [5.41, 5.74) is 1.35. The van der Waals surface area contributed by atoms with Gasteiger partial charge < -0.3 is 10.4 Å². The fourth-order valence-electron chi connectivity index (χ4n) is 2.69. The maximum Gasteiger partial charge on any atom is 0.303 e. The molecule has 10 heteroatoms. The van der Waals surface area contributed by atoms with Gasteiger partial charge in [-0.15, -0.1) is 0 Å². The van der Waals surface area contributed by atoms with Crippen LogP contribution >= 0.6 is 27.7 Å². The Kier molecular flexibility index (Phi) is 10.0. The number of carboxylic acid groups (broad SMARTS) is 1. The molecular weight excluding hydrogens is 504 g/mol. The molecule has 0 saturated heterocycles. The number of nitrogens with one attached hydrogen (secondary N) is 2. The molecule has 1 atom stereocenters. The van der Waals surface area contributed by atoms with E-state index in [0.717, 1.165) is 15.8 Å². The first-order valence-electron chi connectivity index (χ1n) is 9.68. The maximum atomic E-state index is 12.8. The third kappa shape index (κ3) is 8.64. The number of carbonyl (C=O) groups excluding carboxylic acids is 1. The predicted molar refractivity (Wildman–Crippen MR) is 127 cm³/mol. The van der Waals surface area contributed by atoms with Crippen molar-refractivity contribution < 1.29 is 23.1 Å². The van der Waals surface area contributed by atoms with E-state index in [4.69, 9.17) is 5.11 Å². The molecule has 0 radical (unpaired) electrons. The van der Waals surface area contributed by atoms with Gasteiger partial charge in [-0.05, 0) is 66.3 Å². The summed E-state index contributed by atoms with van der Waals surface area (Å²) in [6, 6.07) is 12.1. The standard InChI is InChI=1S/C21H25BrN2O5S2/c1-2-30-14-13-19(24-31(28,29)18-10-6-16(22)7-11-18)21(27)23-17-8-3-15(4-9-17)5-12-20(25)26/h3-4,6-11,19,24H,2,5,12-14H2,1H3,(H,23,27)(H,25,26)/t19-/m0/s1. The van der Waals surface area contributed by atoms with Gasteiger partial charge in [0.2, 0.25) is 15.9 Å². The van der Waals surface area contributed by atoms with Crippen LogP contribution in [0.2, 0.25) is 0 Å². The molecule has 0 fully saturated rings. The summed E-state index contributed by atoms with van der Waals surface area (Å²) < 4.78 is 28.8. The largest absolute Gasteiger partial charge is 0.481 e. The molecule has 0 aliphatic heterocycles. The number of halogens is 1. The molecule has 0 saturated carbocycles. The number of benzene rings is 2. The first-order chi connectivity index (χ1) is 14.7. The van der Waals surface area contributed by atoms with E-state index in [9.17, 15) is 18.0 Å². The van der Waals surface area contributed by atoms with Crippen molar-refractivity contribution in [3.63, 3.8) is 0 Å². The Hall–Kier alpha value is -1.88. The average Bonchev–Trinajstić information content (AvgIpc) is 2.73. The summed E-state index contributed by atoms with van der Waals surface area (Å²) in [5, 5.41) is 11.5. The van der Waals surface area contributed by atoms with Crippen LogP contribution in [0.25, 0.3) is 0 Å². The molecule has 0 bridgehead atoms. The quantitative estimate of drug-likeness (QED) is 0.360. The molecule has 0 unspecified atom stereocenters. The second-order valence-corrected chi connectivity index (χ2v) is 10.7. The predicted octanol–water partition coefficient (Wildman–Crippen LogP) is 3.90. The van der Waals surface area contributed by atoms with Crippen molar-refractivity contribution in [3.05, 3.63) is 58.6 Å². The van der Waals surface area contributed by atoms with Crippen LogP contribution in [0.3, 0.4) is 0 Å². The highest BCUT2D eigenvalue weighted by atomic mass is 79.9. The minimum Gasteiger partial charge on any atom is -0.481 e. The number of carbonyl (C=O) groups is 2.